The minimum absolute atomic E-state index is 0.139. The van der Waals surface area contributed by atoms with Crippen LogP contribution in [0.15, 0.2) is 29.2 Å². The molecule has 0 aromatic heterocycles. The van der Waals surface area contributed by atoms with Crippen molar-refractivity contribution in [3.8, 4) is 0 Å². The van der Waals surface area contributed by atoms with E-state index in [1.54, 1.807) is 18.2 Å². The van der Waals surface area contributed by atoms with Crippen LogP contribution >= 0.6 is 34.2 Å². The summed E-state index contributed by atoms with van der Waals surface area (Å²) in [6.07, 6.45) is 0.810. The van der Waals surface area contributed by atoms with Crippen LogP contribution < -0.4 is 4.72 Å². The highest BCUT2D eigenvalue weighted by Gasteiger charge is 2.15. The highest BCUT2D eigenvalue weighted by atomic mass is 127. The van der Waals surface area contributed by atoms with Crippen LogP contribution in [-0.2, 0) is 10.0 Å². The quantitative estimate of drug-likeness (QED) is 0.499. The summed E-state index contributed by atoms with van der Waals surface area (Å²) in [4.78, 5) is 0.139. The Balaban J connectivity index is 2.83. The first kappa shape index (κ1) is 13.2. The van der Waals surface area contributed by atoms with Crippen molar-refractivity contribution in [3.63, 3.8) is 0 Å². The van der Waals surface area contributed by atoms with Crippen LogP contribution in [0.25, 0.3) is 0 Å². The number of benzene rings is 1. The first-order valence-electron chi connectivity index (χ1n) is 4.38. The molecule has 0 bridgehead atoms. The summed E-state index contributed by atoms with van der Waals surface area (Å²) < 4.78 is 26.9. The van der Waals surface area contributed by atoms with Gasteiger partial charge in [-0.15, -0.1) is 0 Å². The van der Waals surface area contributed by atoms with E-state index in [9.17, 15) is 8.42 Å². The molecule has 0 aliphatic heterocycles. The Kier molecular flexibility index (Phi) is 5.31. The second-order valence-electron chi connectivity index (χ2n) is 2.87. The van der Waals surface area contributed by atoms with Crippen molar-refractivity contribution in [1.82, 2.24) is 4.72 Å². The van der Waals surface area contributed by atoms with Crippen molar-refractivity contribution in [2.24, 2.45) is 0 Å². The highest BCUT2D eigenvalue weighted by molar-refractivity contribution is 14.1. The maximum absolute atomic E-state index is 11.7. The van der Waals surface area contributed by atoms with Gasteiger partial charge >= 0.3 is 0 Å². The molecule has 0 atom stereocenters. The topological polar surface area (TPSA) is 46.2 Å². The molecule has 0 fully saturated rings. The van der Waals surface area contributed by atoms with Crippen LogP contribution in [0.5, 0.6) is 0 Å². The highest BCUT2D eigenvalue weighted by Crippen LogP contribution is 2.19. The van der Waals surface area contributed by atoms with Gasteiger partial charge in [0.05, 0.1) is 5.02 Å². The van der Waals surface area contributed by atoms with E-state index in [0.717, 1.165) is 10.8 Å². The minimum Gasteiger partial charge on any atom is -0.211 e. The monoisotopic (exact) mass is 359 g/mol. The molecule has 15 heavy (non-hydrogen) atoms. The standard InChI is InChI=1S/C9H11ClINO2S/c10-8-4-1-2-5-9(8)15(13,14)12-7-3-6-11/h1-2,4-5,12H,3,6-7H2. The smallest absolute Gasteiger partial charge is 0.211 e. The van der Waals surface area contributed by atoms with E-state index >= 15 is 0 Å². The van der Waals surface area contributed by atoms with E-state index in [-0.39, 0.29) is 9.92 Å². The average Bonchev–Trinajstić information content (AvgIpc) is 2.18. The zero-order valence-electron chi connectivity index (χ0n) is 7.91. The Labute approximate surface area is 108 Å². The summed E-state index contributed by atoms with van der Waals surface area (Å²) in [7, 11) is -3.45. The fourth-order valence-electron chi connectivity index (χ4n) is 1.01. The Morgan fingerprint density at radius 3 is 2.60 bits per heavy atom. The van der Waals surface area contributed by atoms with Gasteiger partial charge in [0.25, 0.3) is 0 Å². The molecule has 0 unspecified atom stereocenters. The summed E-state index contributed by atoms with van der Waals surface area (Å²) in [6, 6.07) is 6.41. The summed E-state index contributed by atoms with van der Waals surface area (Å²) >= 11 is 8.00. The molecular formula is C9H11ClINO2S. The number of alkyl halides is 1. The third kappa shape index (κ3) is 3.90. The van der Waals surface area contributed by atoms with Crippen LogP contribution in [0.3, 0.4) is 0 Å². The van der Waals surface area contributed by atoms with Crippen LogP contribution in [0.2, 0.25) is 5.02 Å². The van der Waals surface area contributed by atoms with E-state index in [2.05, 4.69) is 27.3 Å². The molecule has 1 aromatic carbocycles. The number of hydrogen-bond donors (Lipinski definition) is 1. The molecule has 0 amide bonds. The van der Waals surface area contributed by atoms with Crippen molar-refractivity contribution in [1.29, 1.82) is 0 Å². The van der Waals surface area contributed by atoms with Crippen molar-refractivity contribution in [3.05, 3.63) is 29.3 Å². The molecule has 6 heteroatoms. The normalized spacial score (nSPS) is 11.6. The van der Waals surface area contributed by atoms with Crippen LogP contribution in [0.1, 0.15) is 6.42 Å². The van der Waals surface area contributed by atoms with Crippen LogP contribution in [0.4, 0.5) is 0 Å². The molecule has 84 valence electrons. The molecular weight excluding hydrogens is 349 g/mol. The molecule has 0 aliphatic rings. The lowest BCUT2D eigenvalue weighted by atomic mass is 10.4. The second-order valence-corrected chi connectivity index (χ2v) is 6.09. The van der Waals surface area contributed by atoms with Gasteiger partial charge in [0.1, 0.15) is 4.90 Å². The number of nitrogens with one attached hydrogen (secondary N) is 1. The number of sulfonamides is 1. The molecule has 3 nitrogen and oxygen atoms in total. The molecule has 1 rings (SSSR count). The van der Waals surface area contributed by atoms with Gasteiger partial charge in [-0.2, -0.15) is 0 Å². The van der Waals surface area contributed by atoms with E-state index in [1.165, 1.54) is 6.07 Å². The van der Waals surface area contributed by atoms with E-state index in [4.69, 9.17) is 11.6 Å². The molecule has 0 saturated heterocycles. The molecule has 0 radical (unpaired) electrons. The summed E-state index contributed by atoms with van der Waals surface area (Å²) in [5.74, 6) is 0. The predicted octanol–water partition coefficient (Wildman–Crippen LogP) is 2.44. The van der Waals surface area contributed by atoms with Crippen molar-refractivity contribution >= 4 is 44.2 Å². The van der Waals surface area contributed by atoms with Crippen LogP contribution in [0, 0.1) is 0 Å². The van der Waals surface area contributed by atoms with Gasteiger partial charge in [-0.1, -0.05) is 46.3 Å². The lowest BCUT2D eigenvalue weighted by Gasteiger charge is -2.06. The van der Waals surface area contributed by atoms with Gasteiger partial charge < -0.3 is 0 Å². The summed E-state index contributed by atoms with van der Waals surface area (Å²) in [5, 5.41) is 0.250. The summed E-state index contributed by atoms with van der Waals surface area (Å²) in [5.41, 5.74) is 0. The van der Waals surface area contributed by atoms with Crippen LogP contribution in [-0.4, -0.2) is 19.4 Å². The lowest BCUT2D eigenvalue weighted by Crippen LogP contribution is -2.25. The number of halogens is 2. The third-order valence-corrected chi connectivity index (χ3v) is 4.45. The fourth-order valence-corrected chi connectivity index (χ4v) is 2.99. The van der Waals surface area contributed by atoms with E-state index in [0.29, 0.717) is 6.54 Å². The maximum Gasteiger partial charge on any atom is 0.242 e. The second kappa shape index (κ2) is 6.03. The zero-order valence-corrected chi connectivity index (χ0v) is 11.6. The Bertz CT molecular complexity index is 422. The lowest BCUT2D eigenvalue weighted by molar-refractivity contribution is 0.581. The van der Waals surface area contributed by atoms with E-state index < -0.39 is 10.0 Å². The number of rotatable bonds is 5. The Morgan fingerprint density at radius 1 is 1.33 bits per heavy atom. The zero-order chi connectivity index (χ0) is 11.3. The maximum atomic E-state index is 11.7. The molecule has 0 spiro atoms. The predicted molar refractivity (Wildman–Crippen MR) is 70.1 cm³/mol. The molecule has 0 aliphatic carbocycles. The van der Waals surface area contributed by atoms with E-state index in [1.807, 2.05) is 0 Å². The third-order valence-electron chi connectivity index (χ3n) is 1.73. The Morgan fingerprint density at radius 2 is 2.00 bits per heavy atom. The van der Waals surface area contributed by atoms with Crippen molar-refractivity contribution in [2.45, 2.75) is 11.3 Å². The van der Waals surface area contributed by atoms with Crippen molar-refractivity contribution in [2.75, 3.05) is 11.0 Å². The van der Waals surface area contributed by atoms with Crippen molar-refractivity contribution < 1.29 is 8.42 Å². The first-order valence-corrected chi connectivity index (χ1v) is 7.77. The van der Waals surface area contributed by atoms with Gasteiger partial charge in [0, 0.05) is 11.0 Å². The number of hydrogen-bond acceptors (Lipinski definition) is 2. The minimum atomic E-state index is -3.45. The Hall–Kier alpha value is 0.150. The van der Waals surface area contributed by atoms with Gasteiger partial charge in [0.15, 0.2) is 0 Å². The molecule has 0 heterocycles. The van der Waals surface area contributed by atoms with Gasteiger partial charge in [-0.05, 0) is 18.6 Å². The first-order chi connectivity index (χ1) is 7.08. The largest absolute Gasteiger partial charge is 0.242 e. The molecule has 1 N–H and O–H groups in total. The average molecular weight is 360 g/mol. The fraction of sp³-hybridized carbons (Fsp3) is 0.333. The van der Waals surface area contributed by atoms with Gasteiger partial charge in [-0.3, -0.25) is 0 Å². The SMILES string of the molecule is O=S(=O)(NCCCI)c1ccccc1Cl. The molecule has 1 aromatic rings. The van der Waals surface area contributed by atoms with Gasteiger partial charge in [0.2, 0.25) is 10.0 Å². The van der Waals surface area contributed by atoms with Gasteiger partial charge in [-0.25, -0.2) is 13.1 Å². The molecule has 0 saturated carbocycles. The summed E-state index contributed by atoms with van der Waals surface area (Å²) in [6.45, 7) is 0.441.